The van der Waals surface area contributed by atoms with Gasteiger partial charge in [0, 0.05) is 12.5 Å². The predicted molar refractivity (Wildman–Crippen MR) is 123 cm³/mol. The van der Waals surface area contributed by atoms with E-state index in [4.69, 9.17) is 14.2 Å². The standard InChI is InChI=1S/C25H26N2O6/c1-4-33-23(28)14-13-22-24(25(29)30)21(15-17-5-9-19(31-2)10-6-17)26-27(22)16-18-7-11-20(32-3)12-8-18/h5-14H,4,15-16H2,1-3H3,(H,29,30). The Bertz CT molecular complexity index is 1130. The van der Waals surface area contributed by atoms with E-state index in [-0.39, 0.29) is 12.2 Å². The van der Waals surface area contributed by atoms with Gasteiger partial charge >= 0.3 is 11.9 Å². The zero-order chi connectivity index (χ0) is 23.8. The van der Waals surface area contributed by atoms with Crippen LogP contribution in [0.3, 0.4) is 0 Å². The van der Waals surface area contributed by atoms with E-state index in [9.17, 15) is 14.7 Å². The third kappa shape index (κ3) is 6.00. The van der Waals surface area contributed by atoms with Gasteiger partial charge in [0.15, 0.2) is 0 Å². The second-order valence-corrected chi connectivity index (χ2v) is 7.13. The Morgan fingerprint density at radius 1 is 0.970 bits per heavy atom. The van der Waals surface area contributed by atoms with Gasteiger partial charge in [-0.2, -0.15) is 5.10 Å². The first-order chi connectivity index (χ1) is 15.9. The van der Waals surface area contributed by atoms with Crippen molar-refractivity contribution in [3.8, 4) is 11.5 Å². The van der Waals surface area contributed by atoms with Crippen LogP contribution in [-0.2, 0) is 22.5 Å². The van der Waals surface area contributed by atoms with Crippen LogP contribution in [0.4, 0.5) is 0 Å². The molecule has 8 heteroatoms. The van der Waals surface area contributed by atoms with Gasteiger partial charge in [-0.25, -0.2) is 9.59 Å². The monoisotopic (exact) mass is 450 g/mol. The van der Waals surface area contributed by atoms with Crippen molar-refractivity contribution in [2.75, 3.05) is 20.8 Å². The van der Waals surface area contributed by atoms with Crippen LogP contribution in [0.15, 0.2) is 54.6 Å². The lowest BCUT2D eigenvalue weighted by molar-refractivity contribution is -0.137. The molecule has 33 heavy (non-hydrogen) atoms. The van der Waals surface area contributed by atoms with Crippen LogP contribution >= 0.6 is 0 Å². The molecule has 1 N–H and O–H groups in total. The predicted octanol–water partition coefficient (Wildman–Crippen LogP) is 3.81. The molecule has 0 aliphatic carbocycles. The number of carbonyl (C=O) groups is 2. The molecule has 0 atom stereocenters. The fraction of sp³-hybridized carbons (Fsp3) is 0.240. The molecule has 0 amide bonds. The molecule has 0 saturated heterocycles. The Morgan fingerprint density at radius 3 is 2.06 bits per heavy atom. The molecule has 0 saturated carbocycles. The largest absolute Gasteiger partial charge is 0.497 e. The number of esters is 1. The number of carboxylic acids is 1. The number of aromatic carboxylic acids is 1. The second kappa shape index (κ2) is 11.0. The number of hydrogen-bond acceptors (Lipinski definition) is 6. The van der Waals surface area contributed by atoms with Crippen molar-refractivity contribution in [1.29, 1.82) is 0 Å². The Hall–Kier alpha value is -4.07. The number of carboxylic acid groups (broad SMARTS) is 1. The Morgan fingerprint density at radius 2 is 1.55 bits per heavy atom. The number of aromatic nitrogens is 2. The Labute approximate surface area is 192 Å². The summed E-state index contributed by atoms with van der Waals surface area (Å²) in [6.45, 7) is 2.24. The van der Waals surface area contributed by atoms with Gasteiger partial charge in [-0.05, 0) is 48.4 Å². The van der Waals surface area contributed by atoms with Gasteiger partial charge in [0.2, 0.25) is 0 Å². The highest BCUT2D eigenvalue weighted by Crippen LogP contribution is 2.23. The van der Waals surface area contributed by atoms with Crippen molar-refractivity contribution in [2.24, 2.45) is 0 Å². The number of carbonyl (C=O) groups excluding carboxylic acids is 1. The van der Waals surface area contributed by atoms with Crippen LogP contribution in [0.25, 0.3) is 6.08 Å². The molecule has 0 spiro atoms. The molecule has 0 aliphatic rings. The van der Waals surface area contributed by atoms with Crippen LogP contribution in [0.1, 0.15) is 39.8 Å². The third-order valence-electron chi connectivity index (χ3n) is 4.96. The Kier molecular flexibility index (Phi) is 7.86. The molecule has 172 valence electrons. The highest BCUT2D eigenvalue weighted by molar-refractivity contribution is 5.95. The number of rotatable bonds is 10. The minimum Gasteiger partial charge on any atom is -0.497 e. The molecular weight excluding hydrogens is 424 g/mol. The fourth-order valence-electron chi connectivity index (χ4n) is 3.35. The van der Waals surface area contributed by atoms with Crippen molar-refractivity contribution in [3.63, 3.8) is 0 Å². The molecule has 1 aromatic heterocycles. The zero-order valence-corrected chi connectivity index (χ0v) is 18.8. The number of methoxy groups -OCH3 is 2. The van der Waals surface area contributed by atoms with Gasteiger partial charge in [0.25, 0.3) is 0 Å². The van der Waals surface area contributed by atoms with Gasteiger partial charge in [0.05, 0.1) is 38.8 Å². The van der Waals surface area contributed by atoms with Gasteiger partial charge in [0.1, 0.15) is 17.1 Å². The maximum atomic E-state index is 12.2. The van der Waals surface area contributed by atoms with E-state index in [0.29, 0.717) is 35.9 Å². The molecule has 8 nitrogen and oxygen atoms in total. The van der Waals surface area contributed by atoms with Crippen molar-refractivity contribution < 1.29 is 28.9 Å². The average Bonchev–Trinajstić information content (AvgIpc) is 3.15. The van der Waals surface area contributed by atoms with Crippen LogP contribution < -0.4 is 9.47 Å². The molecule has 0 unspecified atom stereocenters. The van der Waals surface area contributed by atoms with Gasteiger partial charge < -0.3 is 19.3 Å². The van der Waals surface area contributed by atoms with Gasteiger partial charge in [-0.1, -0.05) is 24.3 Å². The van der Waals surface area contributed by atoms with Crippen LogP contribution in [0, 0.1) is 0 Å². The molecule has 1 heterocycles. The summed E-state index contributed by atoms with van der Waals surface area (Å²) < 4.78 is 16.9. The summed E-state index contributed by atoms with van der Waals surface area (Å²) in [6.07, 6.45) is 2.96. The quantitative estimate of drug-likeness (QED) is 0.370. The summed E-state index contributed by atoms with van der Waals surface area (Å²) in [4.78, 5) is 24.1. The van der Waals surface area contributed by atoms with Crippen LogP contribution in [0.5, 0.6) is 11.5 Å². The minimum absolute atomic E-state index is 0.0416. The molecule has 0 aliphatic heterocycles. The molecule has 2 aromatic carbocycles. The highest BCUT2D eigenvalue weighted by atomic mass is 16.5. The average molecular weight is 450 g/mol. The van der Waals surface area contributed by atoms with Crippen LogP contribution in [-0.4, -0.2) is 47.7 Å². The minimum atomic E-state index is -1.12. The van der Waals surface area contributed by atoms with Crippen molar-refractivity contribution in [2.45, 2.75) is 19.9 Å². The van der Waals surface area contributed by atoms with Crippen molar-refractivity contribution in [1.82, 2.24) is 9.78 Å². The summed E-state index contributed by atoms with van der Waals surface area (Å²) in [7, 11) is 3.17. The molecular formula is C25H26N2O6. The van der Waals surface area contributed by atoms with E-state index in [1.165, 1.54) is 12.2 Å². The van der Waals surface area contributed by atoms with E-state index in [1.807, 2.05) is 48.5 Å². The fourth-order valence-corrected chi connectivity index (χ4v) is 3.35. The highest BCUT2D eigenvalue weighted by Gasteiger charge is 2.22. The maximum absolute atomic E-state index is 12.2. The van der Waals surface area contributed by atoms with Gasteiger partial charge in [-0.15, -0.1) is 0 Å². The lowest BCUT2D eigenvalue weighted by Gasteiger charge is -2.07. The molecule has 0 bridgehead atoms. The summed E-state index contributed by atoms with van der Waals surface area (Å²) in [5.41, 5.74) is 2.53. The summed E-state index contributed by atoms with van der Waals surface area (Å²) in [5, 5.41) is 14.6. The van der Waals surface area contributed by atoms with Crippen molar-refractivity contribution in [3.05, 3.63) is 82.7 Å². The van der Waals surface area contributed by atoms with E-state index in [1.54, 1.807) is 25.8 Å². The summed E-state index contributed by atoms with van der Waals surface area (Å²) in [6, 6.07) is 14.7. The smallest absolute Gasteiger partial charge is 0.339 e. The first kappa shape index (κ1) is 23.6. The van der Waals surface area contributed by atoms with E-state index in [2.05, 4.69) is 5.10 Å². The van der Waals surface area contributed by atoms with E-state index in [0.717, 1.165) is 11.1 Å². The topological polar surface area (TPSA) is 99.9 Å². The molecule has 0 fully saturated rings. The number of ether oxygens (including phenoxy) is 3. The number of hydrogen-bond donors (Lipinski definition) is 1. The zero-order valence-electron chi connectivity index (χ0n) is 18.8. The van der Waals surface area contributed by atoms with E-state index < -0.39 is 11.9 Å². The number of nitrogens with zero attached hydrogens (tertiary/aromatic N) is 2. The van der Waals surface area contributed by atoms with Gasteiger partial charge in [-0.3, -0.25) is 4.68 Å². The summed E-state index contributed by atoms with van der Waals surface area (Å²) in [5.74, 6) is -0.251. The SMILES string of the molecule is CCOC(=O)C=Cc1c(C(=O)O)c(Cc2ccc(OC)cc2)nn1Cc1ccc(OC)cc1. The normalized spacial score (nSPS) is 10.9. The maximum Gasteiger partial charge on any atom is 0.339 e. The third-order valence-corrected chi connectivity index (χ3v) is 4.96. The molecule has 3 rings (SSSR count). The number of benzene rings is 2. The second-order valence-electron chi connectivity index (χ2n) is 7.13. The Balaban J connectivity index is 2.02. The molecule has 3 aromatic rings. The first-order valence-corrected chi connectivity index (χ1v) is 10.4. The summed E-state index contributed by atoms with van der Waals surface area (Å²) >= 11 is 0. The van der Waals surface area contributed by atoms with Crippen LogP contribution in [0.2, 0.25) is 0 Å². The lowest BCUT2D eigenvalue weighted by Crippen LogP contribution is -2.07. The molecule has 0 radical (unpaired) electrons. The first-order valence-electron chi connectivity index (χ1n) is 10.4. The van der Waals surface area contributed by atoms with E-state index >= 15 is 0 Å². The lowest BCUT2D eigenvalue weighted by atomic mass is 10.0. The van der Waals surface area contributed by atoms with Crippen molar-refractivity contribution >= 4 is 18.0 Å².